The molecule has 4 nitrogen and oxygen atoms in total. The Morgan fingerprint density at radius 2 is 2.26 bits per heavy atom. The number of nitrogens with zero attached hydrogens (tertiary/aromatic N) is 2. The van der Waals surface area contributed by atoms with Crippen LogP contribution in [0.3, 0.4) is 0 Å². The van der Waals surface area contributed by atoms with Crippen LogP contribution in [0.1, 0.15) is 42.8 Å². The highest BCUT2D eigenvalue weighted by molar-refractivity contribution is 7.09. The molecular formula is C14H23N3OS. The first kappa shape index (κ1) is 14.5. The molecule has 0 bridgehead atoms. The van der Waals surface area contributed by atoms with Crippen LogP contribution in [0.25, 0.3) is 0 Å². The third kappa shape index (κ3) is 4.01. The van der Waals surface area contributed by atoms with Crippen LogP contribution < -0.4 is 5.73 Å². The highest BCUT2D eigenvalue weighted by atomic mass is 32.1. The van der Waals surface area contributed by atoms with Crippen LogP contribution in [0, 0.1) is 12.8 Å². The van der Waals surface area contributed by atoms with Crippen LogP contribution in [-0.2, 0) is 11.3 Å². The normalized spacial score (nSPS) is 23.3. The molecule has 0 aliphatic heterocycles. The van der Waals surface area contributed by atoms with Crippen molar-refractivity contribution < 1.29 is 4.79 Å². The number of rotatable bonds is 4. The van der Waals surface area contributed by atoms with Crippen LogP contribution >= 0.6 is 11.3 Å². The molecule has 0 spiro atoms. The summed E-state index contributed by atoms with van der Waals surface area (Å²) in [6, 6.07) is 0.201. The average molecular weight is 281 g/mol. The second kappa shape index (κ2) is 6.48. The molecule has 2 unspecified atom stereocenters. The molecule has 1 amide bonds. The largest absolute Gasteiger partial charge is 0.340 e. The molecule has 1 aliphatic rings. The zero-order valence-corrected chi connectivity index (χ0v) is 12.6. The van der Waals surface area contributed by atoms with Crippen LogP contribution in [0.4, 0.5) is 0 Å². The Kier molecular flexibility index (Phi) is 4.93. The molecule has 1 aliphatic carbocycles. The van der Waals surface area contributed by atoms with E-state index < -0.39 is 0 Å². The van der Waals surface area contributed by atoms with Crippen LogP contribution in [0.15, 0.2) is 5.38 Å². The Labute approximate surface area is 119 Å². The molecule has 0 radical (unpaired) electrons. The lowest BCUT2D eigenvalue weighted by Crippen LogP contribution is -2.37. The van der Waals surface area contributed by atoms with Gasteiger partial charge in [-0.2, -0.15) is 0 Å². The van der Waals surface area contributed by atoms with E-state index in [4.69, 9.17) is 5.73 Å². The molecule has 1 fully saturated rings. The number of amides is 1. The Morgan fingerprint density at radius 1 is 1.53 bits per heavy atom. The van der Waals surface area contributed by atoms with Crippen LogP contribution in [0.2, 0.25) is 0 Å². The van der Waals surface area contributed by atoms with Crippen molar-refractivity contribution in [2.24, 2.45) is 11.7 Å². The van der Waals surface area contributed by atoms with Gasteiger partial charge < -0.3 is 10.6 Å². The zero-order chi connectivity index (χ0) is 13.8. The SMILES string of the molecule is Cc1nc(CN(C)C(=O)CC2CCCCC2N)cs1. The van der Waals surface area contributed by atoms with E-state index in [0.717, 1.165) is 23.5 Å². The van der Waals surface area contributed by atoms with Gasteiger partial charge in [0.05, 0.1) is 17.2 Å². The van der Waals surface area contributed by atoms with Crippen LogP contribution in [-0.4, -0.2) is 28.9 Å². The number of thiazole rings is 1. The Hall–Kier alpha value is -0.940. The van der Waals surface area contributed by atoms with E-state index in [2.05, 4.69) is 4.98 Å². The van der Waals surface area contributed by atoms with Gasteiger partial charge in [-0.3, -0.25) is 4.79 Å². The van der Waals surface area contributed by atoms with Gasteiger partial charge in [-0.1, -0.05) is 12.8 Å². The number of hydrogen-bond acceptors (Lipinski definition) is 4. The molecule has 1 aromatic heterocycles. The number of aromatic nitrogens is 1. The second-order valence-corrected chi connectivity index (χ2v) is 6.58. The number of aryl methyl sites for hydroxylation is 1. The quantitative estimate of drug-likeness (QED) is 0.921. The highest BCUT2D eigenvalue weighted by Crippen LogP contribution is 2.26. The fraction of sp³-hybridized carbons (Fsp3) is 0.714. The minimum Gasteiger partial charge on any atom is -0.340 e. The van der Waals surface area contributed by atoms with Gasteiger partial charge in [0.2, 0.25) is 5.91 Å². The van der Waals surface area contributed by atoms with Gasteiger partial charge >= 0.3 is 0 Å². The standard InChI is InChI=1S/C14H23N3OS/c1-10-16-12(9-19-10)8-17(2)14(18)7-11-5-3-4-6-13(11)15/h9,11,13H,3-8,15H2,1-2H3. The fourth-order valence-corrected chi connectivity index (χ4v) is 3.29. The van der Waals surface area contributed by atoms with Gasteiger partial charge in [0.1, 0.15) is 0 Å². The maximum Gasteiger partial charge on any atom is 0.223 e. The van der Waals surface area contributed by atoms with E-state index in [1.165, 1.54) is 12.8 Å². The zero-order valence-electron chi connectivity index (χ0n) is 11.8. The van der Waals surface area contributed by atoms with Gasteiger partial charge in [0, 0.05) is 24.9 Å². The summed E-state index contributed by atoms with van der Waals surface area (Å²) in [5.74, 6) is 0.550. The number of carbonyl (C=O) groups excluding carboxylic acids is 1. The molecule has 1 saturated carbocycles. The molecule has 2 rings (SSSR count). The first-order valence-electron chi connectivity index (χ1n) is 6.97. The monoisotopic (exact) mass is 281 g/mol. The molecule has 19 heavy (non-hydrogen) atoms. The van der Waals surface area contributed by atoms with E-state index >= 15 is 0 Å². The van der Waals surface area contributed by atoms with Gasteiger partial charge in [-0.15, -0.1) is 11.3 Å². The maximum atomic E-state index is 12.2. The van der Waals surface area contributed by atoms with Crippen molar-refractivity contribution in [3.63, 3.8) is 0 Å². The number of hydrogen-bond donors (Lipinski definition) is 1. The topological polar surface area (TPSA) is 59.2 Å². The summed E-state index contributed by atoms with van der Waals surface area (Å²) in [5.41, 5.74) is 7.08. The molecule has 106 valence electrons. The van der Waals surface area contributed by atoms with Crippen molar-refractivity contribution in [3.05, 3.63) is 16.1 Å². The second-order valence-electron chi connectivity index (χ2n) is 5.52. The molecule has 2 N–H and O–H groups in total. The van der Waals surface area contributed by atoms with E-state index in [1.807, 2.05) is 19.4 Å². The maximum absolute atomic E-state index is 12.2. The molecule has 2 atom stereocenters. The van der Waals surface area contributed by atoms with Crippen molar-refractivity contribution >= 4 is 17.2 Å². The third-order valence-corrected chi connectivity index (χ3v) is 4.72. The minimum absolute atomic E-state index is 0.188. The molecule has 1 aromatic rings. The van der Waals surface area contributed by atoms with Gasteiger partial charge in [-0.05, 0) is 25.7 Å². The smallest absolute Gasteiger partial charge is 0.223 e. The lowest BCUT2D eigenvalue weighted by molar-refractivity contribution is -0.131. The molecular weight excluding hydrogens is 258 g/mol. The molecule has 0 saturated heterocycles. The van der Waals surface area contributed by atoms with Crippen molar-refractivity contribution in [2.75, 3.05) is 7.05 Å². The van der Waals surface area contributed by atoms with Crippen molar-refractivity contribution in [2.45, 2.75) is 51.6 Å². The van der Waals surface area contributed by atoms with E-state index in [1.54, 1.807) is 16.2 Å². The fourth-order valence-electron chi connectivity index (χ4n) is 2.68. The first-order valence-corrected chi connectivity index (χ1v) is 7.85. The molecule has 1 heterocycles. The average Bonchev–Trinajstić information content (AvgIpc) is 2.77. The van der Waals surface area contributed by atoms with E-state index in [-0.39, 0.29) is 11.9 Å². The van der Waals surface area contributed by atoms with E-state index in [9.17, 15) is 4.79 Å². The first-order chi connectivity index (χ1) is 9.06. The summed E-state index contributed by atoms with van der Waals surface area (Å²) < 4.78 is 0. The Bertz CT molecular complexity index is 432. The summed E-state index contributed by atoms with van der Waals surface area (Å²) in [5, 5.41) is 3.07. The summed E-state index contributed by atoms with van der Waals surface area (Å²) >= 11 is 1.63. The third-order valence-electron chi connectivity index (χ3n) is 3.90. The summed E-state index contributed by atoms with van der Waals surface area (Å²) in [4.78, 5) is 18.4. The van der Waals surface area contributed by atoms with Gasteiger partial charge in [0.25, 0.3) is 0 Å². The Morgan fingerprint density at radius 3 is 2.89 bits per heavy atom. The van der Waals surface area contributed by atoms with Crippen molar-refractivity contribution in [3.8, 4) is 0 Å². The van der Waals surface area contributed by atoms with Crippen molar-refractivity contribution in [1.82, 2.24) is 9.88 Å². The predicted molar refractivity (Wildman–Crippen MR) is 77.9 cm³/mol. The van der Waals surface area contributed by atoms with Gasteiger partial charge in [0.15, 0.2) is 0 Å². The summed E-state index contributed by atoms with van der Waals surface area (Å²) in [7, 11) is 1.85. The summed E-state index contributed by atoms with van der Waals surface area (Å²) in [6.45, 7) is 2.59. The van der Waals surface area contributed by atoms with Crippen LogP contribution in [0.5, 0.6) is 0 Å². The molecule has 5 heteroatoms. The number of nitrogens with two attached hydrogens (primary N) is 1. The lowest BCUT2D eigenvalue weighted by Gasteiger charge is -2.29. The number of carbonyl (C=O) groups is 1. The Balaban J connectivity index is 1.85. The minimum atomic E-state index is 0.188. The molecule has 0 aromatic carbocycles. The lowest BCUT2D eigenvalue weighted by atomic mass is 9.83. The van der Waals surface area contributed by atoms with E-state index in [0.29, 0.717) is 18.9 Å². The highest BCUT2D eigenvalue weighted by Gasteiger charge is 2.25. The van der Waals surface area contributed by atoms with Gasteiger partial charge in [-0.25, -0.2) is 4.98 Å². The summed E-state index contributed by atoms with van der Waals surface area (Å²) in [6.07, 6.45) is 5.16. The predicted octanol–water partition coefficient (Wildman–Crippen LogP) is 2.32. The van der Waals surface area contributed by atoms with Crippen molar-refractivity contribution in [1.29, 1.82) is 0 Å².